The van der Waals surface area contributed by atoms with Crippen LogP contribution >= 0.6 is 0 Å². The van der Waals surface area contributed by atoms with E-state index in [1.165, 1.54) is 89.0 Å². The monoisotopic (exact) mass is 751 g/mol. The molecule has 0 amide bonds. The highest BCUT2D eigenvalue weighted by Gasteiger charge is 2.51. The van der Waals surface area contributed by atoms with Gasteiger partial charge in [-0.3, -0.25) is 0 Å². The van der Waals surface area contributed by atoms with Crippen LogP contribution in [0.4, 0.5) is 17.1 Å². The third-order valence-corrected chi connectivity index (χ3v) is 13.5. The number of nitrogens with zero attached hydrogens (tertiary/aromatic N) is 1. The number of anilines is 3. The first-order valence-corrected chi connectivity index (χ1v) is 20.8. The summed E-state index contributed by atoms with van der Waals surface area (Å²) in [5, 5.41) is 0. The third kappa shape index (κ3) is 4.67. The molecular weight excluding hydrogens is 711 g/mol. The second-order valence-corrected chi connectivity index (χ2v) is 16.8. The molecule has 0 aromatic heterocycles. The van der Waals surface area contributed by atoms with Crippen LogP contribution in [0, 0.1) is 0 Å². The molecule has 0 radical (unpaired) electrons. The lowest BCUT2D eigenvalue weighted by molar-refractivity contribution is 0.662. The Labute approximate surface area is 346 Å². The van der Waals surface area contributed by atoms with Crippen LogP contribution in [0.25, 0.3) is 55.6 Å². The number of para-hydroxylation sites is 1. The molecule has 1 spiro atoms. The number of fused-ring (bicyclic) bond motifs is 13. The lowest BCUT2D eigenvalue weighted by Crippen LogP contribution is -2.26. The van der Waals surface area contributed by atoms with E-state index in [0.717, 1.165) is 17.1 Å². The fourth-order valence-corrected chi connectivity index (χ4v) is 11.1. The van der Waals surface area contributed by atoms with Gasteiger partial charge in [-0.1, -0.05) is 196 Å². The minimum Gasteiger partial charge on any atom is -0.310 e. The molecule has 0 heterocycles. The van der Waals surface area contributed by atoms with Crippen LogP contribution in [-0.4, -0.2) is 0 Å². The van der Waals surface area contributed by atoms with Crippen molar-refractivity contribution in [2.24, 2.45) is 0 Å². The van der Waals surface area contributed by atoms with Crippen molar-refractivity contribution in [1.82, 2.24) is 0 Å². The number of hydrogen-bond donors (Lipinski definition) is 0. The van der Waals surface area contributed by atoms with Crippen LogP contribution in [0.2, 0.25) is 0 Å². The van der Waals surface area contributed by atoms with Crippen molar-refractivity contribution in [1.29, 1.82) is 0 Å². The molecule has 3 aliphatic rings. The van der Waals surface area contributed by atoms with Gasteiger partial charge in [0.1, 0.15) is 0 Å². The molecule has 0 aliphatic heterocycles. The van der Waals surface area contributed by atoms with Gasteiger partial charge in [0, 0.05) is 22.4 Å². The van der Waals surface area contributed by atoms with Crippen LogP contribution in [0.3, 0.4) is 0 Å². The zero-order chi connectivity index (χ0) is 39.3. The average Bonchev–Trinajstić information content (AvgIpc) is 3.85. The molecule has 1 heteroatoms. The van der Waals surface area contributed by atoms with Gasteiger partial charge in [-0.2, -0.15) is 0 Å². The summed E-state index contributed by atoms with van der Waals surface area (Å²) in [6, 6.07) is 79.2. The van der Waals surface area contributed by atoms with Gasteiger partial charge in [0.2, 0.25) is 0 Å². The molecule has 3 aliphatic carbocycles. The zero-order valence-electron chi connectivity index (χ0n) is 33.2. The Morgan fingerprint density at radius 3 is 1.31 bits per heavy atom. The molecular formula is C58H41N. The van der Waals surface area contributed by atoms with Crippen LogP contribution in [0.5, 0.6) is 0 Å². The second kappa shape index (κ2) is 12.6. The maximum Gasteiger partial charge on any atom is 0.0726 e. The summed E-state index contributed by atoms with van der Waals surface area (Å²) >= 11 is 0. The predicted molar refractivity (Wildman–Crippen MR) is 246 cm³/mol. The highest BCUT2D eigenvalue weighted by molar-refractivity contribution is 5.99. The first-order valence-electron chi connectivity index (χ1n) is 20.8. The molecule has 0 fully saturated rings. The van der Waals surface area contributed by atoms with Gasteiger partial charge in [-0.15, -0.1) is 0 Å². The van der Waals surface area contributed by atoms with Gasteiger partial charge in [0.15, 0.2) is 0 Å². The van der Waals surface area contributed by atoms with Gasteiger partial charge in [0.25, 0.3) is 0 Å². The Kier molecular flexibility index (Phi) is 7.26. The maximum atomic E-state index is 2.53. The van der Waals surface area contributed by atoms with E-state index in [4.69, 9.17) is 0 Å². The number of hydrogen-bond acceptors (Lipinski definition) is 1. The van der Waals surface area contributed by atoms with E-state index >= 15 is 0 Å². The van der Waals surface area contributed by atoms with E-state index in [2.05, 4.69) is 231 Å². The van der Waals surface area contributed by atoms with Crippen LogP contribution in [-0.2, 0) is 10.8 Å². The van der Waals surface area contributed by atoms with E-state index < -0.39 is 5.41 Å². The molecule has 0 unspecified atom stereocenters. The predicted octanol–water partition coefficient (Wildman–Crippen LogP) is 15.1. The maximum absolute atomic E-state index is 2.53. The first kappa shape index (κ1) is 33.9. The van der Waals surface area contributed by atoms with Crippen molar-refractivity contribution in [3.63, 3.8) is 0 Å². The summed E-state index contributed by atoms with van der Waals surface area (Å²) < 4.78 is 0. The summed E-state index contributed by atoms with van der Waals surface area (Å²) in [4.78, 5) is 2.53. The van der Waals surface area contributed by atoms with Crippen molar-refractivity contribution in [2.75, 3.05) is 4.90 Å². The topological polar surface area (TPSA) is 3.24 Å². The Hall–Kier alpha value is -7.22. The first-order chi connectivity index (χ1) is 29.0. The molecule has 0 N–H and O–H groups in total. The Morgan fingerprint density at radius 2 is 0.729 bits per heavy atom. The van der Waals surface area contributed by atoms with E-state index in [1.54, 1.807) is 0 Å². The zero-order valence-corrected chi connectivity index (χ0v) is 33.2. The molecule has 12 rings (SSSR count). The third-order valence-electron chi connectivity index (χ3n) is 13.5. The highest BCUT2D eigenvalue weighted by Crippen LogP contribution is 2.64. The lowest BCUT2D eigenvalue weighted by atomic mass is 9.70. The van der Waals surface area contributed by atoms with Crippen LogP contribution in [0.1, 0.15) is 47.2 Å². The van der Waals surface area contributed by atoms with Crippen molar-refractivity contribution in [3.05, 3.63) is 246 Å². The standard InChI is InChI=1S/C58H41N/c1-57(2)50-28-14-9-27-46(50)49-36-41(35-48(56(49)57)39-21-7-4-8-22-39)59(55-32-18-13-23-42(55)38-19-5-3-6-20-38)40-33-34-47-45-26-12-17-31-53(45)58(54(47)37-40)51-29-15-10-24-43(51)44-25-11-16-30-52(44)58/h3-37H,1-2H3. The largest absolute Gasteiger partial charge is 0.310 e. The Morgan fingerprint density at radius 1 is 0.305 bits per heavy atom. The van der Waals surface area contributed by atoms with Gasteiger partial charge in [0.05, 0.1) is 11.1 Å². The van der Waals surface area contributed by atoms with Crippen LogP contribution < -0.4 is 4.90 Å². The summed E-state index contributed by atoms with van der Waals surface area (Å²) in [6.45, 7) is 4.78. The second-order valence-electron chi connectivity index (χ2n) is 16.8. The minimum absolute atomic E-state index is 0.169. The molecule has 9 aromatic rings. The van der Waals surface area contributed by atoms with Crippen molar-refractivity contribution >= 4 is 17.1 Å². The fourth-order valence-electron chi connectivity index (χ4n) is 11.1. The molecule has 278 valence electrons. The molecule has 0 bridgehead atoms. The van der Waals surface area contributed by atoms with Crippen LogP contribution in [0.15, 0.2) is 212 Å². The molecule has 9 aromatic carbocycles. The van der Waals surface area contributed by atoms with Crippen molar-refractivity contribution in [2.45, 2.75) is 24.7 Å². The molecule has 0 saturated heterocycles. The fraction of sp³-hybridized carbons (Fsp3) is 0.0690. The normalized spacial score (nSPS) is 14.2. The highest BCUT2D eigenvalue weighted by atomic mass is 15.1. The molecule has 0 atom stereocenters. The van der Waals surface area contributed by atoms with Crippen molar-refractivity contribution < 1.29 is 0 Å². The average molecular weight is 752 g/mol. The number of rotatable bonds is 5. The quantitative estimate of drug-likeness (QED) is 0.169. The van der Waals surface area contributed by atoms with Gasteiger partial charge >= 0.3 is 0 Å². The summed E-state index contributed by atoms with van der Waals surface area (Å²) in [5.41, 5.74) is 23.6. The lowest BCUT2D eigenvalue weighted by Gasteiger charge is -2.33. The summed E-state index contributed by atoms with van der Waals surface area (Å²) in [7, 11) is 0. The molecule has 59 heavy (non-hydrogen) atoms. The smallest absolute Gasteiger partial charge is 0.0726 e. The summed E-state index contributed by atoms with van der Waals surface area (Å²) in [6.07, 6.45) is 0. The summed E-state index contributed by atoms with van der Waals surface area (Å²) in [5.74, 6) is 0. The van der Waals surface area contributed by atoms with E-state index in [9.17, 15) is 0 Å². The molecule has 1 nitrogen and oxygen atoms in total. The van der Waals surface area contributed by atoms with E-state index in [0.29, 0.717) is 0 Å². The van der Waals surface area contributed by atoms with Gasteiger partial charge in [-0.05, 0) is 114 Å². The van der Waals surface area contributed by atoms with Crippen molar-refractivity contribution in [3.8, 4) is 55.6 Å². The number of benzene rings is 9. The molecule has 0 saturated carbocycles. The van der Waals surface area contributed by atoms with E-state index in [1.807, 2.05) is 0 Å². The van der Waals surface area contributed by atoms with E-state index in [-0.39, 0.29) is 5.41 Å². The SMILES string of the molecule is CC1(C)c2ccccc2-c2cc(N(c3ccc4c(c3)C3(c5ccccc5-c5ccccc53)c3ccccc3-4)c3ccccc3-c3ccccc3)cc(-c3ccccc3)c21. The Bertz CT molecular complexity index is 3070. The minimum atomic E-state index is -0.449. The van der Waals surface area contributed by atoms with Gasteiger partial charge < -0.3 is 4.90 Å². The Balaban J connectivity index is 1.18. The van der Waals surface area contributed by atoms with Gasteiger partial charge in [-0.25, -0.2) is 0 Å².